The van der Waals surface area contributed by atoms with Gasteiger partial charge in [-0.15, -0.1) is 0 Å². The van der Waals surface area contributed by atoms with Gasteiger partial charge < -0.3 is 10.2 Å². The first-order chi connectivity index (χ1) is 6.67. The molecule has 6 heteroatoms. The van der Waals surface area contributed by atoms with Crippen molar-refractivity contribution in [2.45, 2.75) is 11.9 Å². The molecule has 0 bridgehead atoms. The molecule has 0 saturated heterocycles. The Balaban J connectivity index is 2.93. The van der Waals surface area contributed by atoms with Crippen LogP contribution < -0.4 is 16.0 Å². The van der Waals surface area contributed by atoms with Crippen LogP contribution in [0.15, 0.2) is 18.2 Å². The number of hydrogen-bond acceptors (Lipinski definition) is 3. The third-order valence-corrected chi connectivity index (χ3v) is 2.22. The highest BCUT2D eigenvalue weighted by Gasteiger charge is 2.09. The Hall–Kier alpha value is -0.880. The van der Waals surface area contributed by atoms with Gasteiger partial charge in [-0.2, -0.15) is 8.78 Å². The topological polar surface area (TPSA) is 47.3 Å². The second kappa shape index (κ2) is 5.11. The largest absolute Gasteiger partial charge is 0.433 e. The monoisotopic (exact) mass is 266 g/mol. The Labute approximate surface area is 88.3 Å². The van der Waals surface area contributed by atoms with Gasteiger partial charge in [0.1, 0.15) is 0 Å². The molecule has 1 aromatic carbocycles. The number of rotatable bonds is 4. The van der Waals surface area contributed by atoms with E-state index in [4.69, 9.17) is 5.84 Å². The van der Waals surface area contributed by atoms with Gasteiger partial charge in [0.15, 0.2) is 5.75 Å². The molecule has 0 spiro atoms. The minimum Gasteiger partial charge on any atom is -0.433 e. The average Bonchev–Trinajstić information content (AvgIpc) is 2.17. The number of alkyl halides is 3. The van der Waals surface area contributed by atoms with Crippen molar-refractivity contribution >= 4 is 21.6 Å². The number of hydrogen-bond donors (Lipinski definition) is 2. The number of benzene rings is 1. The summed E-state index contributed by atoms with van der Waals surface area (Å²) in [7, 11) is 0. The summed E-state index contributed by atoms with van der Waals surface area (Å²) in [6, 6.07) is 4.75. The van der Waals surface area contributed by atoms with Crippen molar-refractivity contribution in [3.05, 3.63) is 23.8 Å². The lowest BCUT2D eigenvalue weighted by atomic mass is 10.2. The van der Waals surface area contributed by atoms with E-state index in [0.717, 1.165) is 5.56 Å². The van der Waals surface area contributed by atoms with Crippen LogP contribution in [0, 0.1) is 0 Å². The summed E-state index contributed by atoms with van der Waals surface area (Å²) in [5.74, 6) is 5.19. The predicted molar refractivity (Wildman–Crippen MR) is 53.5 cm³/mol. The third kappa shape index (κ3) is 2.81. The molecular weight excluding hydrogens is 258 g/mol. The van der Waals surface area contributed by atoms with Crippen LogP contribution in [0.25, 0.3) is 0 Å². The van der Waals surface area contributed by atoms with E-state index in [-0.39, 0.29) is 5.75 Å². The minimum absolute atomic E-state index is 0.0344. The number of anilines is 1. The molecule has 0 atom stereocenters. The maximum absolute atomic E-state index is 11.9. The highest BCUT2D eigenvalue weighted by atomic mass is 79.9. The maximum Gasteiger partial charge on any atom is 0.387 e. The van der Waals surface area contributed by atoms with Crippen molar-refractivity contribution in [2.24, 2.45) is 5.84 Å². The number of nitrogen functional groups attached to an aromatic ring is 1. The van der Waals surface area contributed by atoms with E-state index in [2.05, 4.69) is 26.1 Å². The van der Waals surface area contributed by atoms with E-state index in [9.17, 15) is 8.78 Å². The standard InChI is InChI=1S/C8H9BrF2N2O/c9-4-5-1-2-7(14-8(10)11)6(3-5)13-12/h1-3,8,13H,4,12H2. The fourth-order valence-electron chi connectivity index (χ4n) is 0.972. The summed E-state index contributed by atoms with van der Waals surface area (Å²) in [6.45, 7) is -2.85. The molecule has 78 valence electrons. The SMILES string of the molecule is NNc1cc(CBr)ccc1OC(F)F. The first kappa shape index (κ1) is 11.2. The summed E-state index contributed by atoms with van der Waals surface area (Å²) >= 11 is 3.24. The zero-order chi connectivity index (χ0) is 10.6. The summed E-state index contributed by atoms with van der Waals surface area (Å²) < 4.78 is 28.1. The zero-order valence-corrected chi connectivity index (χ0v) is 8.72. The molecule has 14 heavy (non-hydrogen) atoms. The van der Waals surface area contributed by atoms with E-state index in [1.54, 1.807) is 12.1 Å². The number of halogens is 3. The van der Waals surface area contributed by atoms with Crippen LogP contribution in [0.5, 0.6) is 5.75 Å². The van der Waals surface area contributed by atoms with Crippen LogP contribution in [-0.4, -0.2) is 6.61 Å². The highest BCUT2D eigenvalue weighted by molar-refractivity contribution is 9.08. The van der Waals surface area contributed by atoms with Gasteiger partial charge in [0.05, 0.1) is 5.69 Å². The molecule has 0 aromatic heterocycles. The molecule has 1 aromatic rings. The smallest absolute Gasteiger partial charge is 0.387 e. The van der Waals surface area contributed by atoms with Gasteiger partial charge in [0.2, 0.25) is 0 Å². The normalized spacial score (nSPS) is 10.4. The summed E-state index contributed by atoms with van der Waals surface area (Å²) in [4.78, 5) is 0. The molecule has 3 nitrogen and oxygen atoms in total. The van der Waals surface area contributed by atoms with Crippen molar-refractivity contribution in [1.29, 1.82) is 0 Å². The van der Waals surface area contributed by atoms with Crippen molar-refractivity contribution in [3.63, 3.8) is 0 Å². The number of ether oxygens (including phenoxy) is 1. The van der Waals surface area contributed by atoms with Gasteiger partial charge >= 0.3 is 6.61 Å². The molecule has 0 radical (unpaired) electrons. The van der Waals surface area contributed by atoms with Crippen LogP contribution in [0.4, 0.5) is 14.5 Å². The first-order valence-corrected chi connectivity index (χ1v) is 4.90. The molecule has 0 saturated carbocycles. The third-order valence-electron chi connectivity index (χ3n) is 1.57. The Morgan fingerprint density at radius 1 is 1.50 bits per heavy atom. The Morgan fingerprint density at radius 2 is 2.21 bits per heavy atom. The molecule has 3 N–H and O–H groups in total. The summed E-state index contributed by atoms with van der Waals surface area (Å²) in [5.41, 5.74) is 3.55. The molecule has 0 aliphatic heterocycles. The lowest BCUT2D eigenvalue weighted by Gasteiger charge is -2.10. The van der Waals surface area contributed by atoms with Crippen molar-refractivity contribution in [3.8, 4) is 5.75 Å². The molecule has 0 amide bonds. The number of hydrazine groups is 1. The van der Waals surface area contributed by atoms with Crippen LogP contribution in [-0.2, 0) is 5.33 Å². The maximum atomic E-state index is 11.9. The molecule has 1 rings (SSSR count). The van der Waals surface area contributed by atoms with Gasteiger partial charge in [-0.1, -0.05) is 22.0 Å². The van der Waals surface area contributed by atoms with Crippen molar-refractivity contribution in [1.82, 2.24) is 0 Å². The quantitative estimate of drug-likeness (QED) is 0.500. The van der Waals surface area contributed by atoms with Gasteiger partial charge in [0, 0.05) is 5.33 Å². The highest BCUT2D eigenvalue weighted by Crippen LogP contribution is 2.27. The molecule has 0 fully saturated rings. The van der Waals surface area contributed by atoms with E-state index < -0.39 is 6.61 Å². The Morgan fingerprint density at radius 3 is 2.71 bits per heavy atom. The van der Waals surface area contributed by atoms with Crippen LogP contribution in [0.1, 0.15) is 5.56 Å². The van der Waals surface area contributed by atoms with Gasteiger partial charge in [-0.05, 0) is 17.7 Å². The molecule has 0 unspecified atom stereocenters. The van der Waals surface area contributed by atoms with Crippen LogP contribution in [0.3, 0.4) is 0 Å². The Kier molecular flexibility index (Phi) is 4.09. The lowest BCUT2D eigenvalue weighted by molar-refractivity contribution is -0.0493. The van der Waals surface area contributed by atoms with E-state index in [1.807, 2.05) is 0 Å². The van der Waals surface area contributed by atoms with Crippen molar-refractivity contribution in [2.75, 3.05) is 5.43 Å². The summed E-state index contributed by atoms with van der Waals surface area (Å²) in [6.07, 6.45) is 0. The average molecular weight is 267 g/mol. The van der Waals surface area contributed by atoms with Gasteiger partial charge in [0.25, 0.3) is 0 Å². The predicted octanol–water partition coefficient (Wildman–Crippen LogP) is 2.47. The first-order valence-electron chi connectivity index (χ1n) is 3.77. The van der Waals surface area contributed by atoms with Crippen molar-refractivity contribution < 1.29 is 13.5 Å². The fourth-order valence-corrected chi connectivity index (χ4v) is 1.32. The zero-order valence-electron chi connectivity index (χ0n) is 7.14. The van der Waals surface area contributed by atoms with Crippen LogP contribution in [0.2, 0.25) is 0 Å². The van der Waals surface area contributed by atoms with Gasteiger partial charge in [-0.25, -0.2) is 0 Å². The number of nitrogens with two attached hydrogens (primary N) is 1. The second-order valence-corrected chi connectivity index (χ2v) is 3.05. The lowest BCUT2D eigenvalue weighted by Crippen LogP contribution is -2.11. The molecular formula is C8H9BrF2N2O. The van der Waals surface area contributed by atoms with E-state index >= 15 is 0 Å². The van der Waals surface area contributed by atoms with Crippen LogP contribution >= 0.6 is 15.9 Å². The summed E-state index contributed by atoms with van der Waals surface area (Å²) in [5, 5.41) is 0.622. The fraction of sp³-hybridized carbons (Fsp3) is 0.250. The minimum atomic E-state index is -2.85. The van der Waals surface area contributed by atoms with Gasteiger partial charge in [-0.3, -0.25) is 5.84 Å². The Bertz CT molecular complexity index is 309. The number of nitrogens with one attached hydrogen (secondary N) is 1. The molecule has 0 aliphatic carbocycles. The molecule has 0 heterocycles. The van der Waals surface area contributed by atoms with E-state index in [0.29, 0.717) is 11.0 Å². The second-order valence-electron chi connectivity index (χ2n) is 2.49. The van der Waals surface area contributed by atoms with E-state index in [1.165, 1.54) is 6.07 Å². The molecule has 0 aliphatic rings.